The van der Waals surface area contributed by atoms with Gasteiger partial charge in [-0.2, -0.15) is 5.10 Å². The van der Waals surface area contributed by atoms with Crippen molar-refractivity contribution >= 4 is 11.0 Å². The molecule has 0 atom stereocenters. The van der Waals surface area contributed by atoms with E-state index in [-0.39, 0.29) is 43.7 Å². The molecule has 0 spiro atoms. The highest BCUT2D eigenvalue weighted by Gasteiger charge is 2.36. The zero-order valence-electron chi connectivity index (χ0n) is 18.4. The average Bonchev–Trinajstić information content (AvgIpc) is 3.25. The number of pyridine rings is 1. The van der Waals surface area contributed by atoms with Gasteiger partial charge in [-0.25, -0.2) is 27.8 Å². The molecule has 1 fully saturated rings. The van der Waals surface area contributed by atoms with Gasteiger partial charge in [0, 0.05) is 37.1 Å². The van der Waals surface area contributed by atoms with E-state index in [2.05, 4.69) is 20.1 Å². The fraction of sp³-hybridized carbons (Fsp3) is 0.333. The first-order valence-electron chi connectivity index (χ1n) is 11.0. The summed E-state index contributed by atoms with van der Waals surface area (Å²) in [5.41, 5.74) is 2.04. The first kappa shape index (κ1) is 22.1. The van der Waals surface area contributed by atoms with Crippen molar-refractivity contribution in [2.45, 2.75) is 44.1 Å². The number of H-pyrrole nitrogens is 1. The summed E-state index contributed by atoms with van der Waals surface area (Å²) in [7, 11) is 1.51. The maximum absolute atomic E-state index is 14.1. The van der Waals surface area contributed by atoms with Gasteiger partial charge in [0.1, 0.15) is 17.0 Å². The molecule has 1 aromatic carbocycles. The Morgan fingerprint density at radius 2 is 1.97 bits per heavy atom. The van der Waals surface area contributed by atoms with Crippen molar-refractivity contribution in [1.82, 2.24) is 24.7 Å². The number of aromatic nitrogens is 5. The third kappa shape index (κ3) is 4.27. The second kappa shape index (κ2) is 8.58. The highest BCUT2D eigenvalue weighted by molar-refractivity contribution is 5.73. The lowest BCUT2D eigenvalue weighted by Crippen LogP contribution is -2.27. The van der Waals surface area contributed by atoms with E-state index in [0.29, 0.717) is 33.9 Å². The number of nitrogens with zero attached hydrogens (tertiary/aromatic N) is 4. The quantitative estimate of drug-likeness (QED) is 0.459. The number of halogens is 3. The smallest absolute Gasteiger partial charge is 0.262 e. The molecule has 34 heavy (non-hydrogen) atoms. The van der Waals surface area contributed by atoms with Gasteiger partial charge in [0.15, 0.2) is 5.65 Å². The molecule has 1 aliphatic rings. The molecule has 0 aliphatic heterocycles. The van der Waals surface area contributed by atoms with E-state index in [1.54, 1.807) is 29.1 Å². The molecule has 3 aromatic heterocycles. The SMILES string of the molecule is COc1ccc(-c2cc(F)ccc2Cc2nc3c(cnn3C3CCC(F)(F)CC3)c(=O)[nH]2)cn1. The molecule has 5 rings (SSSR count). The maximum atomic E-state index is 14.1. The Morgan fingerprint density at radius 3 is 2.68 bits per heavy atom. The number of hydrogen-bond acceptors (Lipinski definition) is 5. The Kier molecular flexibility index (Phi) is 5.59. The Morgan fingerprint density at radius 1 is 1.18 bits per heavy atom. The van der Waals surface area contributed by atoms with Gasteiger partial charge in [-0.1, -0.05) is 6.07 Å². The maximum Gasteiger partial charge on any atom is 0.262 e. The van der Waals surface area contributed by atoms with Crippen molar-refractivity contribution in [2.24, 2.45) is 0 Å². The molecular weight excluding hydrogens is 447 g/mol. The number of hydrogen-bond donors (Lipinski definition) is 1. The molecule has 0 amide bonds. The molecular formula is C24H22F3N5O2. The van der Waals surface area contributed by atoms with Gasteiger partial charge in [0.05, 0.1) is 19.3 Å². The molecule has 4 aromatic rings. The van der Waals surface area contributed by atoms with E-state index in [0.717, 1.165) is 5.56 Å². The van der Waals surface area contributed by atoms with Crippen LogP contribution in [0.3, 0.4) is 0 Å². The number of alkyl halides is 2. The summed E-state index contributed by atoms with van der Waals surface area (Å²) < 4.78 is 48.0. The van der Waals surface area contributed by atoms with Crippen LogP contribution in [-0.2, 0) is 6.42 Å². The van der Waals surface area contributed by atoms with Crippen molar-refractivity contribution in [3.63, 3.8) is 0 Å². The molecule has 0 radical (unpaired) electrons. The predicted molar refractivity (Wildman–Crippen MR) is 120 cm³/mol. The van der Waals surface area contributed by atoms with Crippen LogP contribution >= 0.6 is 0 Å². The van der Waals surface area contributed by atoms with Crippen LogP contribution in [0.2, 0.25) is 0 Å². The minimum atomic E-state index is -2.66. The van der Waals surface area contributed by atoms with Gasteiger partial charge in [-0.05, 0) is 42.2 Å². The standard InChI is InChI=1S/C24H22F3N5O2/c1-34-21-5-3-15(12-28-21)18-11-16(25)4-2-14(18)10-20-30-22-19(23(33)31-20)13-29-32(22)17-6-8-24(26,27)9-7-17/h2-5,11-13,17H,6-10H2,1H3,(H,30,31,33). The van der Waals surface area contributed by atoms with Crippen molar-refractivity contribution in [3.8, 4) is 17.0 Å². The number of aromatic amines is 1. The first-order chi connectivity index (χ1) is 16.3. The number of fused-ring (bicyclic) bond motifs is 1. The van der Waals surface area contributed by atoms with Crippen LogP contribution in [0.15, 0.2) is 47.5 Å². The monoisotopic (exact) mass is 469 g/mol. The molecule has 0 bridgehead atoms. The summed E-state index contributed by atoms with van der Waals surface area (Å²) in [4.78, 5) is 24.3. The predicted octanol–water partition coefficient (Wildman–Crippen LogP) is 4.67. The van der Waals surface area contributed by atoms with Crippen LogP contribution in [0.5, 0.6) is 5.88 Å². The number of methoxy groups -OCH3 is 1. The number of benzene rings is 1. The van der Waals surface area contributed by atoms with Gasteiger partial charge >= 0.3 is 0 Å². The minimum Gasteiger partial charge on any atom is -0.481 e. The Labute approximate surface area is 192 Å². The van der Waals surface area contributed by atoms with Gasteiger partial charge in [0.25, 0.3) is 5.56 Å². The Hall–Kier alpha value is -3.69. The number of rotatable bonds is 5. The summed E-state index contributed by atoms with van der Waals surface area (Å²) in [5, 5.41) is 4.59. The number of ether oxygens (including phenoxy) is 1. The topological polar surface area (TPSA) is 85.7 Å². The van der Waals surface area contributed by atoms with E-state index in [4.69, 9.17) is 4.74 Å². The van der Waals surface area contributed by atoms with Crippen molar-refractivity contribution < 1.29 is 17.9 Å². The lowest BCUT2D eigenvalue weighted by atomic mass is 9.92. The third-order valence-corrected chi connectivity index (χ3v) is 6.23. The fourth-order valence-corrected chi connectivity index (χ4v) is 4.41. The van der Waals surface area contributed by atoms with Crippen LogP contribution in [0, 0.1) is 5.82 Å². The van der Waals surface area contributed by atoms with E-state index >= 15 is 0 Å². The molecule has 1 saturated carbocycles. The second-order valence-electron chi connectivity index (χ2n) is 8.49. The average molecular weight is 469 g/mol. The zero-order valence-corrected chi connectivity index (χ0v) is 18.4. The highest BCUT2D eigenvalue weighted by atomic mass is 19.3. The van der Waals surface area contributed by atoms with Crippen molar-refractivity contribution in [1.29, 1.82) is 0 Å². The van der Waals surface area contributed by atoms with Gasteiger partial charge in [0.2, 0.25) is 11.8 Å². The van der Waals surface area contributed by atoms with E-state index in [9.17, 15) is 18.0 Å². The van der Waals surface area contributed by atoms with Crippen LogP contribution < -0.4 is 10.3 Å². The van der Waals surface area contributed by atoms with Gasteiger partial charge in [-0.15, -0.1) is 0 Å². The molecule has 3 heterocycles. The summed E-state index contributed by atoms with van der Waals surface area (Å²) in [6, 6.07) is 7.60. The van der Waals surface area contributed by atoms with Crippen LogP contribution in [0.25, 0.3) is 22.2 Å². The van der Waals surface area contributed by atoms with Crippen molar-refractivity contribution in [2.75, 3.05) is 7.11 Å². The third-order valence-electron chi connectivity index (χ3n) is 6.23. The summed E-state index contributed by atoms with van der Waals surface area (Å²) in [6.45, 7) is 0. The lowest BCUT2D eigenvalue weighted by Gasteiger charge is -2.28. The largest absolute Gasteiger partial charge is 0.481 e. The van der Waals surface area contributed by atoms with E-state index < -0.39 is 11.7 Å². The minimum absolute atomic E-state index is 0.218. The van der Waals surface area contributed by atoms with Crippen LogP contribution in [0.4, 0.5) is 13.2 Å². The van der Waals surface area contributed by atoms with E-state index in [1.165, 1.54) is 25.4 Å². The molecule has 10 heteroatoms. The van der Waals surface area contributed by atoms with Crippen molar-refractivity contribution in [3.05, 3.63) is 70.3 Å². The summed E-state index contributed by atoms with van der Waals surface area (Å²) in [6.07, 6.45) is 3.32. The molecule has 176 valence electrons. The van der Waals surface area contributed by atoms with Gasteiger partial charge in [-0.3, -0.25) is 4.79 Å². The lowest BCUT2D eigenvalue weighted by molar-refractivity contribution is -0.0446. The molecule has 0 saturated heterocycles. The van der Waals surface area contributed by atoms with Gasteiger partial charge < -0.3 is 9.72 Å². The highest BCUT2D eigenvalue weighted by Crippen LogP contribution is 2.38. The van der Waals surface area contributed by atoms with Crippen LogP contribution in [-0.4, -0.2) is 37.8 Å². The summed E-state index contributed by atoms with van der Waals surface area (Å²) >= 11 is 0. The zero-order chi connectivity index (χ0) is 23.9. The first-order valence-corrected chi connectivity index (χ1v) is 11.0. The molecule has 1 aliphatic carbocycles. The fourth-order valence-electron chi connectivity index (χ4n) is 4.41. The summed E-state index contributed by atoms with van der Waals surface area (Å²) in [5.74, 6) is -2.26. The van der Waals surface area contributed by atoms with E-state index in [1.807, 2.05) is 0 Å². The molecule has 7 nitrogen and oxygen atoms in total. The molecule has 1 N–H and O–H groups in total. The number of nitrogens with one attached hydrogen (secondary N) is 1. The second-order valence-corrected chi connectivity index (χ2v) is 8.49. The molecule has 0 unspecified atom stereocenters. The normalized spacial score (nSPS) is 16.1. The Balaban J connectivity index is 1.50. The Bertz CT molecular complexity index is 1390. The van der Waals surface area contributed by atoms with Crippen LogP contribution in [0.1, 0.15) is 43.1 Å².